The van der Waals surface area contributed by atoms with Crippen molar-refractivity contribution >= 4 is 34.3 Å². The van der Waals surface area contributed by atoms with Crippen molar-refractivity contribution in [3.05, 3.63) is 58.9 Å². The molecule has 4 nitrogen and oxygen atoms in total. The van der Waals surface area contributed by atoms with Crippen molar-refractivity contribution in [2.45, 2.75) is 13.0 Å². The van der Waals surface area contributed by atoms with Crippen molar-refractivity contribution in [2.75, 3.05) is 18.5 Å². The second-order valence-electron chi connectivity index (χ2n) is 5.51. The number of aromatic nitrogens is 1. The Labute approximate surface area is 149 Å². The van der Waals surface area contributed by atoms with Crippen molar-refractivity contribution in [3.63, 3.8) is 0 Å². The molecule has 0 saturated heterocycles. The van der Waals surface area contributed by atoms with E-state index in [1.54, 1.807) is 17.5 Å². The van der Waals surface area contributed by atoms with Gasteiger partial charge in [-0.1, -0.05) is 24.3 Å². The largest absolute Gasteiger partial charge is 0.370 e. The number of thiazole rings is 1. The number of likely N-dealkylation sites (N-methyl/N-ethyl adjacent to an activating group) is 1. The Morgan fingerprint density at radius 3 is 2.75 bits per heavy atom. The van der Waals surface area contributed by atoms with Gasteiger partial charge in [0.15, 0.2) is 0 Å². The van der Waals surface area contributed by atoms with Crippen LogP contribution in [0.4, 0.5) is 5.69 Å². The monoisotopic (exact) mass is 357 g/mol. The summed E-state index contributed by atoms with van der Waals surface area (Å²) in [6, 6.07) is 14.4. The minimum Gasteiger partial charge on any atom is -0.370 e. The van der Waals surface area contributed by atoms with Gasteiger partial charge >= 0.3 is 0 Å². The molecule has 3 aromatic rings. The topological polar surface area (TPSA) is 45.2 Å². The van der Waals surface area contributed by atoms with Crippen molar-refractivity contribution < 1.29 is 4.79 Å². The van der Waals surface area contributed by atoms with Crippen LogP contribution in [0.15, 0.2) is 54.0 Å². The summed E-state index contributed by atoms with van der Waals surface area (Å²) in [5, 5.41) is 5.91. The predicted octanol–water partition coefficient (Wildman–Crippen LogP) is 4.13. The van der Waals surface area contributed by atoms with Gasteiger partial charge in [0.2, 0.25) is 0 Å². The van der Waals surface area contributed by atoms with Crippen LogP contribution >= 0.6 is 22.7 Å². The maximum absolute atomic E-state index is 12.3. The number of amides is 1. The van der Waals surface area contributed by atoms with E-state index in [0.29, 0.717) is 11.4 Å². The average molecular weight is 358 g/mol. The molecule has 0 bridgehead atoms. The molecule has 0 spiro atoms. The molecule has 1 unspecified atom stereocenters. The Kier molecular flexibility index (Phi) is 5.27. The van der Waals surface area contributed by atoms with E-state index in [1.807, 2.05) is 42.8 Å². The molecule has 6 heteroatoms. The molecule has 0 fully saturated rings. The normalized spacial score (nSPS) is 11.9. The van der Waals surface area contributed by atoms with Crippen LogP contribution in [0.2, 0.25) is 0 Å². The predicted molar refractivity (Wildman–Crippen MR) is 102 cm³/mol. The number of hydrogen-bond donors (Lipinski definition) is 1. The first-order valence-electron chi connectivity index (χ1n) is 7.71. The first-order chi connectivity index (χ1) is 11.6. The molecule has 2 aromatic heterocycles. The molecule has 124 valence electrons. The van der Waals surface area contributed by atoms with E-state index in [4.69, 9.17) is 0 Å². The zero-order valence-corrected chi connectivity index (χ0v) is 15.2. The van der Waals surface area contributed by atoms with Gasteiger partial charge in [-0.3, -0.25) is 4.79 Å². The molecular weight excluding hydrogens is 338 g/mol. The third-order valence-corrected chi connectivity index (χ3v) is 5.88. The second-order valence-corrected chi connectivity index (χ2v) is 7.49. The standard InChI is InChI=1S/C18H19N3OS2/c1-13(21(2)14-7-4-3-5-8-14)11-19-17(22)16-12-20-18(24-16)15-9-6-10-23-15/h3-10,12-13H,11H2,1-2H3,(H,19,22). The van der Waals surface area contributed by atoms with Crippen LogP contribution < -0.4 is 10.2 Å². The third kappa shape index (κ3) is 3.83. The molecule has 2 heterocycles. The summed E-state index contributed by atoms with van der Waals surface area (Å²) in [4.78, 5) is 20.6. The minimum atomic E-state index is -0.0661. The van der Waals surface area contributed by atoms with Gasteiger partial charge in [-0.25, -0.2) is 4.98 Å². The summed E-state index contributed by atoms with van der Waals surface area (Å²) in [7, 11) is 2.04. The number of thiophene rings is 1. The van der Waals surface area contributed by atoms with Crippen LogP contribution in [0.5, 0.6) is 0 Å². The quantitative estimate of drug-likeness (QED) is 0.721. The van der Waals surface area contributed by atoms with Crippen molar-refractivity contribution in [1.29, 1.82) is 0 Å². The van der Waals surface area contributed by atoms with E-state index in [1.165, 1.54) is 11.3 Å². The highest BCUT2D eigenvalue weighted by Gasteiger charge is 2.15. The Balaban J connectivity index is 1.57. The lowest BCUT2D eigenvalue weighted by atomic mass is 10.2. The van der Waals surface area contributed by atoms with Crippen molar-refractivity contribution in [1.82, 2.24) is 10.3 Å². The van der Waals surface area contributed by atoms with Crippen molar-refractivity contribution in [2.24, 2.45) is 0 Å². The summed E-state index contributed by atoms with van der Waals surface area (Å²) >= 11 is 3.06. The van der Waals surface area contributed by atoms with E-state index < -0.39 is 0 Å². The van der Waals surface area contributed by atoms with Crippen LogP contribution in [-0.4, -0.2) is 30.5 Å². The number of anilines is 1. The number of benzene rings is 1. The first-order valence-corrected chi connectivity index (χ1v) is 9.40. The molecule has 1 amide bonds. The Morgan fingerprint density at radius 2 is 2.04 bits per heavy atom. The molecule has 0 aliphatic rings. The smallest absolute Gasteiger partial charge is 0.263 e. The van der Waals surface area contributed by atoms with Crippen LogP contribution in [0.3, 0.4) is 0 Å². The summed E-state index contributed by atoms with van der Waals surface area (Å²) < 4.78 is 0. The lowest BCUT2D eigenvalue weighted by Gasteiger charge is -2.27. The molecular formula is C18H19N3OS2. The second kappa shape index (κ2) is 7.59. The van der Waals surface area contributed by atoms with E-state index in [2.05, 4.69) is 34.3 Å². The summed E-state index contributed by atoms with van der Waals surface area (Å²) in [6.45, 7) is 2.67. The zero-order valence-electron chi connectivity index (χ0n) is 13.6. The third-order valence-electron chi connectivity index (χ3n) is 3.84. The Hall–Kier alpha value is -2.18. The average Bonchev–Trinajstić information content (AvgIpc) is 3.30. The SMILES string of the molecule is CC(CNC(=O)c1cnc(-c2cccs2)s1)N(C)c1ccccc1. The molecule has 24 heavy (non-hydrogen) atoms. The maximum Gasteiger partial charge on any atom is 0.263 e. The number of nitrogens with one attached hydrogen (secondary N) is 1. The molecule has 0 saturated carbocycles. The van der Waals surface area contributed by atoms with Crippen LogP contribution in [-0.2, 0) is 0 Å². The van der Waals surface area contributed by atoms with Crippen LogP contribution in [0.25, 0.3) is 9.88 Å². The maximum atomic E-state index is 12.3. The van der Waals surface area contributed by atoms with Gasteiger partial charge in [-0.15, -0.1) is 22.7 Å². The van der Waals surface area contributed by atoms with Gasteiger partial charge in [0.05, 0.1) is 11.1 Å². The van der Waals surface area contributed by atoms with E-state index >= 15 is 0 Å². The number of para-hydroxylation sites is 1. The lowest BCUT2D eigenvalue weighted by Crippen LogP contribution is -2.40. The highest BCUT2D eigenvalue weighted by atomic mass is 32.1. The number of rotatable bonds is 6. The Bertz CT molecular complexity index is 784. The summed E-state index contributed by atoms with van der Waals surface area (Å²) in [5.41, 5.74) is 1.14. The molecule has 1 N–H and O–H groups in total. The molecule has 3 rings (SSSR count). The van der Waals surface area contributed by atoms with E-state index in [0.717, 1.165) is 15.6 Å². The fourth-order valence-electron chi connectivity index (χ4n) is 2.28. The molecule has 1 aromatic carbocycles. The number of carbonyl (C=O) groups excluding carboxylic acids is 1. The molecule has 1 atom stereocenters. The minimum absolute atomic E-state index is 0.0661. The van der Waals surface area contributed by atoms with Crippen LogP contribution in [0, 0.1) is 0 Å². The van der Waals surface area contributed by atoms with Crippen molar-refractivity contribution in [3.8, 4) is 9.88 Å². The van der Waals surface area contributed by atoms with Gasteiger partial charge < -0.3 is 10.2 Å². The van der Waals surface area contributed by atoms with Gasteiger partial charge in [0, 0.05) is 25.3 Å². The summed E-state index contributed by atoms with van der Waals surface area (Å²) in [6.07, 6.45) is 1.65. The Morgan fingerprint density at radius 1 is 1.25 bits per heavy atom. The summed E-state index contributed by atoms with van der Waals surface area (Å²) in [5.74, 6) is -0.0661. The molecule has 0 aliphatic heterocycles. The van der Waals surface area contributed by atoms with Crippen LogP contribution in [0.1, 0.15) is 16.6 Å². The molecule has 0 radical (unpaired) electrons. The van der Waals surface area contributed by atoms with Gasteiger partial charge in [-0.2, -0.15) is 0 Å². The fourth-order valence-corrected chi connectivity index (χ4v) is 3.91. The fraction of sp³-hybridized carbons (Fsp3) is 0.222. The van der Waals surface area contributed by atoms with E-state index in [-0.39, 0.29) is 11.9 Å². The first kappa shape index (κ1) is 16.7. The lowest BCUT2D eigenvalue weighted by molar-refractivity contribution is 0.0955. The highest BCUT2D eigenvalue weighted by Crippen LogP contribution is 2.28. The van der Waals surface area contributed by atoms with Gasteiger partial charge in [0.1, 0.15) is 9.88 Å². The van der Waals surface area contributed by atoms with Gasteiger partial charge in [-0.05, 0) is 30.5 Å². The van der Waals surface area contributed by atoms with Gasteiger partial charge in [0.25, 0.3) is 5.91 Å². The molecule has 0 aliphatic carbocycles. The number of carbonyl (C=O) groups is 1. The van der Waals surface area contributed by atoms with E-state index in [9.17, 15) is 4.79 Å². The highest BCUT2D eigenvalue weighted by molar-refractivity contribution is 7.21. The number of hydrogen-bond acceptors (Lipinski definition) is 5. The zero-order chi connectivity index (χ0) is 16.9. The number of nitrogens with zero attached hydrogens (tertiary/aromatic N) is 2.